The van der Waals surface area contributed by atoms with Crippen LogP contribution in [0.5, 0.6) is 0 Å². The molecule has 0 spiro atoms. The molecule has 1 atom stereocenters. The van der Waals surface area contributed by atoms with Crippen molar-refractivity contribution in [1.82, 2.24) is 0 Å². The molecular weight excluding hydrogens is 260 g/mol. The molecule has 0 aromatic heterocycles. The monoisotopic (exact) mass is 280 g/mol. The second kappa shape index (κ2) is 6.75. The van der Waals surface area contributed by atoms with Crippen LogP contribution >= 0.6 is 11.8 Å². The van der Waals surface area contributed by atoms with Crippen molar-refractivity contribution in [3.05, 3.63) is 35.9 Å². The minimum Gasteiger partial charge on any atom is -0.459 e. The summed E-state index contributed by atoms with van der Waals surface area (Å²) in [6.07, 6.45) is 0. The lowest BCUT2D eigenvalue weighted by Gasteiger charge is -2.24. The highest BCUT2D eigenvalue weighted by Crippen LogP contribution is 2.25. The van der Waals surface area contributed by atoms with Crippen molar-refractivity contribution in [2.75, 3.05) is 5.75 Å². The first kappa shape index (κ1) is 15.8. The normalized spacial score (nSPS) is 12.8. The van der Waals surface area contributed by atoms with E-state index in [4.69, 9.17) is 4.74 Å². The zero-order chi connectivity index (χ0) is 14.5. The number of thioether (sulfide) groups is 1. The maximum absolute atomic E-state index is 12.2. The Labute approximate surface area is 118 Å². The van der Waals surface area contributed by atoms with Gasteiger partial charge in [-0.25, -0.2) is 0 Å². The number of benzene rings is 1. The smallest absolute Gasteiger partial charge is 0.314 e. The predicted octanol–water partition coefficient (Wildman–Crippen LogP) is 3.39. The van der Waals surface area contributed by atoms with Crippen molar-refractivity contribution in [3.63, 3.8) is 0 Å². The Morgan fingerprint density at radius 2 is 1.79 bits per heavy atom. The molecule has 3 nitrogen and oxygen atoms in total. The lowest BCUT2D eigenvalue weighted by atomic mass is 10.0. The third kappa shape index (κ3) is 5.92. The molecule has 0 aliphatic rings. The van der Waals surface area contributed by atoms with E-state index in [1.54, 1.807) is 0 Å². The summed E-state index contributed by atoms with van der Waals surface area (Å²) in [5.74, 6) is -0.282. The van der Waals surface area contributed by atoms with Crippen LogP contribution in [0, 0.1) is 0 Å². The zero-order valence-corrected chi connectivity index (χ0v) is 12.6. The summed E-state index contributed by atoms with van der Waals surface area (Å²) in [6.45, 7) is 7.02. The molecule has 0 aliphatic carbocycles. The van der Waals surface area contributed by atoms with E-state index in [2.05, 4.69) is 0 Å². The molecule has 0 aliphatic heterocycles. The van der Waals surface area contributed by atoms with Crippen molar-refractivity contribution in [1.29, 1.82) is 0 Å². The third-order valence-electron chi connectivity index (χ3n) is 2.35. The van der Waals surface area contributed by atoms with Crippen LogP contribution in [0.2, 0.25) is 0 Å². The molecule has 1 aromatic rings. The van der Waals surface area contributed by atoms with E-state index < -0.39 is 11.5 Å². The average Bonchev–Trinajstić information content (AvgIpc) is 2.27. The van der Waals surface area contributed by atoms with Crippen molar-refractivity contribution in [3.8, 4) is 0 Å². The summed E-state index contributed by atoms with van der Waals surface area (Å²) in [6, 6.07) is 9.43. The topological polar surface area (TPSA) is 43.4 Å². The van der Waals surface area contributed by atoms with E-state index in [-0.39, 0.29) is 11.1 Å². The average molecular weight is 280 g/mol. The number of carbonyl (C=O) groups is 2. The molecule has 1 aromatic carbocycles. The van der Waals surface area contributed by atoms with Gasteiger partial charge >= 0.3 is 5.97 Å². The van der Waals surface area contributed by atoms with E-state index in [0.29, 0.717) is 5.75 Å². The lowest BCUT2D eigenvalue weighted by molar-refractivity contribution is -0.156. The first-order valence-electron chi connectivity index (χ1n) is 6.21. The Kier molecular flexibility index (Phi) is 5.60. The molecule has 0 saturated heterocycles. The van der Waals surface area contributed by atoms with Gasteiger partial charge in [-0.05, 0) is 26.3 Å². The van der Waals surface area contributed by atoms with Gasteiger partial charge in [0.25, 0.3) is 0 Å². The minimum absolute atomic E-state index is 0.00416. The van der Waals surface area contributed by atoms with E-state index in [9.17, 15) is 9.59 Å². The van der Waals surface area contributed by atoms with Gasteiger partial charge in [-0.3, -0.25) is 9.59 Å². The fourth-order valence-electron chi connectivity index (χ4n) is 1.56. The number of carbonyl (C=O) groups excluding carboxylic acids is 2. The Balaban J connectivity index is 2.86. The second-order valence-corrected chi connectivity index (χ2v) is 6.50. The molecule has 104 valence electrons. The zero-order valence-electron chi connectivity index (χ0n) is 11.8. The van der Waals surface area contributed by atoms with E-state index >= 15 is 0 Å². The third-order valence-corrected chi connectivity index (χ3v) is 3.25. The standard InChI is InChI=1S/C15H20O3S/c1-11(16)19-10-13(12-8-6-5-7-9-12)14(17)18-15(2,3)4/h5-9,13H,10H2,1-4H3. The van der Waals surface area contributed by atoms with Gasteiger partial charge in [-0.15, -0.1) is 0 Å². The quantitative estimate of drug-likeness (QED) is 0.793. The van der Waals surface area contributed by atoms with Gasteiger partial charge in [0, 0.05) is 12.7 Å². The number of ether oxygens (including phenoxy) is 1. The number of esters is 1. The molecule has 0 heterocycles. The van der Waals surface area contributed by atoms with E-state index in [0.717, 1.165) is 17.3 Å². The maximum atomic E-state index is 12.2. The van der Waals surface area contributed by atoms with Crippen LogP contribution in [-0.2, 0) is 14.3 Å². The van der Waals surface area contributed by atoms with Gasteiger partial charge in [0.2, 0.25) is 0 Å². The van der Waals surface area contributed by atoms with Crippen LogP contribution in [0.3, 0.4) is 0 Å². The molecule has 1 rings (SSSR count). The first-order chi connectivity index (χ1) is 8.79. The fourth-order valence-corrected chi connectivity index (χ4v) is 2.29. The number of hydrogen-bond donors (Lipinski definition) is 0. The van der Waals surface area contributed by atoms with Gasteiger partial charge in [0.1, 0.15) is 5.60 Å². The summed E-state index contributed by atoms with van der Waals surface area (Å²) >= 11 is 1.15. The van der Waals surface area contributed by atoms with Crippen molar-refractivity contribution in [2.24, 2.45) is 0 Å². The van der Waals surface area contributed by atoms with Gasteiger partial charge in [-0.1, -0.05) is 42.1 Å². The lowest BCUT2D eigenvalue weighted by Crippen LogP contribution is -2.29. The van der Waals surface area contributed by atoms with E-state index in [1.807, 2.05) is 51.1 Å². The molecule has 4 heteroatoms. The molecule has 0 N–H and O–H groups in total. The number of hydrogen-bond acceptors (Lipinski definition) is 4. The molecule has 0 fully saturated rings. The highest BCUT2D eigenvalue weighted by atomic mass is 32.2. The highest BCUT2D eigenvalue weighted by molar-refractivity contribution is 8.13. The van der Waals surface area contributed by atoms with Crippen LogP contribution in [0.4, 0.5) is 0 Å². The molecule has 0 amide bonds. The second-order valence-electron chi connectivity index (χ2n) is 5.30. The fraction of sp³-hybridized carbons (Fsp3) is 0.467. The van der Waals surface area contributed by atoms with Crippen molar-refractivity contribution in [2.45, 2.75) is 39.2 Å². The van der Waals surface area contributed by atoms with Crippen molar-refractivity contribution < 1.29 is 14.3 Å². The minimum atomic E-state index is -0.523. The summed E-state index contributed by atoms with van der Waals surface area (Å²) in [5.41, 5.74) is 0.357. The maximum Gasteiger partial charge on any atom is 0.314 e. The summed E-state index contributed by atoms with van der Waals surface area (Å²) in [7, 11) is 0. The van der Waals surface area contributed by atoms with Gasteiger partial charge < -0.3 is 4.74 Å². The van der Waals surface area contributed by atoms with Crippen molar-refractivity contribution >= 4 is 22.8 Å². The van der Waals surface area contributed by atoms with Gasteiger partial charge in [0.15, 0.2) is 5.12 Å². The molecular formula is C15H20O3S. The SMILES string of the molecule is CC(=O)SCC(C(=O)OC(C)(C)C)c1ccccc1. The van der Waals surface area contributed by atoms with Gasteiger partial charge in [0.05, 0.1) is 5.92 Å². The highest BCUT2D eigenvalue weighted by Gasteiger charge is 2.26. The predicted molar refractivity (Wildman–Crippen MR) is 78.2 cm³/mol. The van der Waals surface area contributed by atoms with Crippen LogP contribution < -0.4 is 0 Å². The summed E-state index contributed by atoms with van der Waals surface area (Å²) in [4.78, 5) is 23.3. The molecule has 0 radical (unpaired) electrons. The Bertz CT molecular complexity index is 434. The van der Waals surface area contributed by atoms with Crippen LogP contribution in [0.1, 0.15) is 39.2 Å². The Morgan fingerprint density at radius 1 is 1.21 bits per heavy atom. The van der Waals surface area contributed by atoms with Gasteiger partial charge in [-0.2, -0.15) is 0 Å². The number of rotatable bonds is 4. The Hall–Kier alpha value is -1.29. The largest absolute Gasteiger partial charge is 0.459 e. The molecule has 0 saturated carbocycles. The molecule has 1 unspecified atom stereocenters. The van der Waals surface area contributed by atoms with Crippen LogP contribution in [-0.4, -0.2) is 22.4 Å². The summed E-state index contributed by atoms with van der Waals surface area (Å²) < 4.78 is 5.42. The first-order valence-corrected chi connectivity index (χ1v) is 7.19. The van der Waals surface area contributed by atoms with Crippen LogP contribution in [0.15, 0.2) is 30.3 Å². The van der Waals surface area contributed by atoms with Crippen LogP contribution in [0.25, 0.3) is 0 Å². The molecule has 19 heavy (non-hydrogen) atoms. The molecule has 0 bridgehead atoms. The Morgan fingerprint density at radius 3 is 2.26 bits per heavy atom. The van der Waals surface area contributed by atoms with E-state index in [1.165, 1.54) is 6.92 Å². The summed E-state index contributed by atoms with van der Waals surface area (Å²) in [5, 5.41) is 0.00416.